The number of sulfonamides is 1. The molecule has 17 heavy (non-hydrogen) atoms. The Morgan fingerprint density at radius 2 is 1.82 bits per heavy atom. The summed E-state index contributed by atoms with van der Waals surface area (Å²) in [5.41, 5.74) is -5.30. The average molecular weight is 277 g/mol. The number of rotatable bonds is 3. The molecule has 0 spiro atoms. The van der Waals surface area contributed by atoms with Crippen LogP contribution in [0.4, 0.5) is 13.2 Å². The Bertz CT molecular complexity index is 386. The third kappa shape index (κ3) is 4.38. The Balaban J connectivity index is 4.67. The molecule has 0 fully saturated rings. The van der Waals surface area contributed by atoms with Gasteiger partial charge in [-0.15, -0.1) is 0 Å². The standard InChI is InChI=1S/C7H15F3N4O2S/c1-11-6(13(2)3)14(4)5-12-17(15,16)7(8,9)10/h12H,5H2,1-4H3/p+1. The molecule has 102 valence electrons. The molecule has 0 saturated carbocycles. The van der Waals surface area contributed by atoms with Gasteiger partial charge in [0.2, 0.25) is 0 Å². The molecular formula is C7H16F3N4O2S+. The van der Waals surface area contributed by atoms with Crippen molar-refractivity contribution in [1.29, 1.82) is 0 Å². The number of nitrogens with one attached hydrogen (secondary N) is 2. The minimum atomic E-state index is -5.31. The summed E-state index contributed by atoms with van der Waals surface area (Å²) in [4.78, 5) is 1.29. The van der Waals surface area contributed by atoms with Gasteiger partial charge >= 0.3 is 21.5 Å². The van der Waals surface area contributed by atoms with E-state index in [4.69, 9.17) is 0 Å². The quantitative estimate of drug-likeness (QED) is 0.306. The maximum Gasteiger partial charge on any atom is 0.511 e. The first kappa shape index (κ1) is 16.0. The molecule has 0 heterocycles. The van der Waals surface area contributed by atoms with Gasteiger partial charge < -0.3 is 0 Å². The number of hydrogen-bond donors (Lipinski definition) is 2. The van der Waals surface area contributed by atoms with E-state index < -0.39 is 22.2 Å². The summed E-state index contributed by atoms with van der Waals surface area (Å²) < 4.78 is 60.6. The molecule has 0 aliphatic heterocycles. The van der Waals surface area contributed by atoms with E-state index in [9.17, 15) is 21.6 Å². The summed E-state index contributed by atoms with van der Waals surface area (Å²) in [6.45, 7) is -0.490. The molecule has 0 bridgehead atoms. The van der Waals surface area contributed by atoms with Crippen molar-refractivity contribution >= 4 is 16.0 Å². The van der Waals surface area contributed by atoms with E-state index in [1.807, 2.05) is 0 Å². The van der Waals surface area contributed by atoms with Crippen LogP contribution in [0.3, 0.4) is 0 Å². The maximum absolute atomic E-state index is 12.0. The van der Waals surface area contributed by atoms with E-state index in [-0.39, 0.29) is 0 Å². The molecular weight excluding hydrogens is 261 g/mol. The van der Waals surface area contributed by atoms with Crippen LogP contribution in [0, 0.1) is 0 Å². The zero-order valence-corrected chi connectivity index (χ0v) is 10.8. The summed E-state index contributed by atoms with van der Waals surface area (Å²) in [6.07, 6.45) is 0. The van der Waals surface area contributed by atoms with Crippen LogP contribution in [0.15, 0.2) is 0 Å². The van der Waals surface area contributed by atoms with Crippen molar-refractivity contribution in [2.75, 3.05) is 34.9 Å². The molecule has 0 saturated heterocycles. The van der Waals surface area contributed by atoms with Crippen molar-refractivity contribution in [2.45, 2.75) is 5.51 Å². The molecule has 0 aromatic rings. The molecule has 0 radical (unpaired) electrons. The molecule has 0 aliphatic carbocycles. The van der Waals surface area contributed by atoms with E-state index in [0.29, 0.717) is 5.96 Å². The summed E-state index contributed by atoms with van der Waals surface area (Å²) in [7, 11) is 1.05. The molecule has 0 unspecified atom stereocenters. The highest BCUT2D eigenvalue weighted by Crippen LogP contribution is 2.21. The van der Waals surface area contributed by atoms with E-state index in [0.717, 1.165) is 0 Å². The molecule has 0 amide bonds. The first-order valence-electron chi connectivity index (χ1n) is 4.52. The largest absolute Gasteiger partial charge is 0.511 e. The Labute approximate surface area is 98.2 Å². The lowest BCUT2D eigenvalue weighted by Crippen LogP contribution is -2.49. The highest BCUT2D eigenvalue weighted by molar-refractivity contribution is 7.90. The summed E-state index contributed by atoms with van der Waals surface area (Å²) in [5.74, 6) is 0.467. The number of nitrogens with zero attached hydrogens (tertiary/aromatic N) is 2. The van der Waals surface area contributed by atoms with Crippen molar-refractivity contribution in [2.24, 2.45) is 0 Å². The minimum absolute atomic E-state index is 0.467. The van der Waals surface area contributed by atoms with Crippen molar-refractivity contribution in [3.05, 3.63) is 0 Å². The van der Waals surface area contributed by atoms with Crippen molar-refractivity contribution < 1.29 is 26.2 Å². The van der Waals surface area contributed by atoms with E-state index in [2.05, 4.69) is 5.32 Å². The molecule has 10 heteroatoms. The fraction of sp³-hybridized carbons (Fsp3) is 0.857. The molecule has 2 N–H and O–H groups in total. The van der Waals surface area contributed by atoms with Gasteiger partial charge in [0.25, 0.3) is 0 Å². The predicted octanol–water partition coefficient (Wildman–Crippen LogP) is -0.838. The summed E-state index contributed by atoms with van der Waals surface area (Å²) in [6, 6.07) is 0. The monoisotopic (exact) mass is 277 g/mol. The van der Waals surface area contributed by atoms with E-state index in [1.165, 1.54) is 16.7 Å². The van der Waals surface area contributed by atoms with Gasteiger partial charge in [-0.05, 0) is 0 Å². The molecule has 0 aromatic heterocycles. The van der Waals surface area contributed by atoms with E-state index in [1.54, 1.807) is 25.7 Å². The predicted molar refractivity (Wildman–Crippen MR) is 56.9 cm³/mol. The van der Waals surface area contributed by atoms with Gasteiger partial charge in [-0.25, -0.2) is 8.42 Å². The molecule has 0 rings (SSSR count). The zero-order valence-electron chi connectivity index (χ0n) is 9.96. The van der Waals surface area contributed by atoms with Crippen LogP contribution in [0.1, 0.15) is 0 Å². The number of halogens is 3. The fourth-order valence-electron chi connectivity index (χ4n) is 1.09. The van der Waals surface area contributed by atoms with Crippen LogP contribution in [0.25, 0.3) is 0 Å². The Morgan fingerprint density at radius 3 is 2.12 bits per heavy atom. The fourth-order valence-corrected chi connectivity index (χ4v) is 1.62. The second-order valence-electron chi connectivity index (χ2n) is 3.42. The topological polar surface area (TPSA) is 64.5 Å². The average Bonchev–Trinajstić information content (AvgIpc) is 2.13. The Morgan fingerprint density at radius 1 is 1.35 bits per heavy atom. The maximum atomic E-state index is 12.0. The zero-order chi connectivity index (χ0) is 13.9. The van der Waals surface area contributed by atoms with Gasteiger partial charge in [0, 0.05) is 0 Å². The minimum Gasteiger partial charge on any atom is -0.280 e. The van der Waals surface area contributed by atoms with Crippen LogP contribution in [0.5, 0.6) is 0 Å². The molecule has 0 aliphatic rings. The third-order valence-corrected chi connectivity index (χ3v) is 2.92. The van der Waals surface area contributed by atoms with Crippen LogP contribution in [0.2, 0.25) is 0 Å². The molecule has 0 aromatic carbocycles. The van der Waals surface area contributed by atoms with Gasteiger partial charge in [-0.2, -0.15) is 17.9 Å². The smallest absolute Gasteiger partial charge is 0.280 e. The number of guanidine groups is 1. The lowest BCUT2D eigenvalue weighted by atomic mass is 10.7. The second-order valence-corrected chi connectivity index (χ2v) is 5.18. The number of hydrogen-bond acceptors (Lipinski definition) is 2. The van der Waals surface area contributed by atoms with Crippen LogP contribution < -0.4 is 10.0 Å². The van der Waals surface area contributed by atoms with Gasteiger partial charge in [0.15, 0.2) is 0 Å². The second kappa shape index (κ2) is 5.54. The molecule has 0 atom stereocenters. The Hall–Kier alpha value is -1.03. The summed E-state index contributed by atoms with van der Waals surface area (Å²) >= 11 is 0. The SMILES string of the molecule is CNC(N(C)CNS(=O)(=O)C(F)(F)F)=[N+](C)C. The third-order valence-electron chi connectivity index (χ3n) is 1.81. The van der Waals surface area contributed by atoms with Gasteiger partial charge in [0.05, 0.1) is 28.2 Å². The van der Waals surface area contributed by atoms with E-state index >= 15 is 0 Å². The number of alkyl halides is 3. The van der Waals surface area contributed by atoms with Crippen LogP contribution >= 0.6 is 0 Å². The highest BCUT2D eigenvalue weighted by atomic mass is 32.2. The lowest BCUT2D eigenvalue weighted by Gasteiger charge is -2.17. The Kier molecular flexibility index (Phi) is 5.20. The van der Waals surface area contributed by atoms with Crippen LogP contribution in [-0.2, 0) is 10.0 Å². The normalized spacial score (nSPS) is 12.2. The highest BCUT2D eigenvalue weighted by Gasteiger charge is 2.46. The molecule has 6 nitrogen and oxygen atoms in total. The van der Waals surface area contributed by atoms with Crippen molar-refractivity contribution in [3.63, 3.8) is 0 Å². The first-order chi connectivity index (χ1) is 7.53. The van der Waals surface area contributed by atoms with Gasteiger partial charge in [-0.1, -0.05) is 0 Å². The van der Waals surface area contributed by atoms with Crippen molar-refractivity contribution in [1.82, 2.24) is 14.9 Å². The van der Waals surface area contributed by atoms with Crippen molar-refractivity contribution in [3.8, 4) is 0 Å². The van der Waals surface area contributed by atoms with Crippen LogP contribution in [-0.4, -0.2) is 64.2 Å². The lowest BCUT2D eigenvalue weighted by molar-refractivity contribution is -0.472. The summed E-state index contributed by atoms with van der Waals surface area (Å²) in [5, 5.41) is 2.73. The van der Waals surface area contributed by atoms with Gasteiger partial charge in [0.1, 0.15) is 6.67 Å². The first-order valence-corrected chi connectivity index (χ1v) is 6.00. The van der Waals surface area contributed by atoms with Gasteiger partial charge in [-0.3, -0.25) is 14.8 Å².